The molecular formula is C18H18BrClO. The van der Waals surface area contributed by atoms with E-state index in [1.54, 1.807) is 0 Å². The van der Waals surface area contributed by atoms with Gasteiger partial charge in [0.2, 0.25) is 0 Å². The number of benzene rings is 2. The largest absolute Gasteiger partial charge is 0.299 e. The monoisotopic (exact) mass is 364 g/mol. The summed E-state index contributed by atoms with van der Waals surface area (Å²) in [6, 6.07) is 15.9. The summed E-state index contributed by atoms with van der Waals surface area (Å²) in [5.74, 6) is 0.287. The Kier molecular flexibility index (Phi) is 6.47. The number of rotatable bonds is 7. The maximum atomic E-state index is 12.1. The molecule has 3 heteroatoms. The first-order valence-corrected chi connectivity index (χ1v) is 8.58. The van der Waals surface area contributed by atoms with Crippen LogP contribution < -0.4 is 0 Å². The Morgan fingerprint density at radius 1 is 0.952 bits per heavy atom. The first-order valence-electron chi connectivity index (χ1n) is 7.08. The molecule has 0 fully saturated rings. The molecule has 21 heavy (non-hydrogen) atoms. The molecule has 0 aliphatic heterocycles. The van der Waals surface area contributed by atoms with Crippen molar-refractivity contribution in [2.75, 3.05) is 0 Å². The summed E-state index contributed by atoms with van der Waals surface area (Å²) in [7, 11) is 0. The van der Waals surface area contributed by atoms with Crippen molar-refractivity contribution < 1.29 is 4.79 Å². The number of carbonyl (C=O) groups excluding carboxylic acids is 1. The van der Waals surface area contributed by atoms with Gasteiger partial charge in [0, 0.05) is 23.2 Å². The minimum absolute atomic E-state index is 0.287. The standard InChI is InChI=1S/C18H18BrClO/c19-13-16-8-2-1-7-15(16)12-17(21)10-5-9-14-6-3-4-11-18(14)20/h1-4,6-8,11H,5,9-10,12-13H2. The molecule has 0 N–H and O–H groups in total. The predicted molar refractivity (Wildman–Crippen MR) is 92.2 cm³/mol. The van der Waals surface area contributed by atoms with E-state index in [2.05, 4.69) is 22.0 Å². The van der Waals surface area contributed by atoms with Crippen molar-refractivity contribution in [2.24, 2.45) is 0 Å². The highest BCUT2D eigenvalue weighted by molar-refractivity contribution is 9.08. The highest BCUT2D eigenvalue weighted by Crippen LogP contribution is 2.18. The Morgan fingerprint density at radius 2 is 1.57 bits per heavy atom. The van der Waals surface area contributed by atoms with Gasteiger partial charge in [-0.1, -0.05) is 70.0 Å². The highest BCUT2D eigenvalue weighted by atomic mass is 79.9. The zero-order valence-electron chi connectivity index (χ0n) is 11.8. The minimum atomic E-state index is 0.287. The van der Waals surface area contributed by atoms with Gasteiger partial charge in [-0.05, 0) is 35.6 Å². The van der Waals surface area contributed by atoms with Gasteiger partial charge in [-0.25, -0.2) is 0 Å². The molecule has 0 unspecified atom stereocenters. The van der Waals surface area contributed by atoms with Crippen LogP contribution in [0.15, 0.2) is 48.5 Å². The molecule has 0 aliphatic carbocycles. The van der Waals surface area contributed by atoms with Crippen LogP contribution in [-0.4, -0.2) is 5.78 Å². The molecule has 2 aromatic rings. The van der Waals surface area contributed by atoms with Crippen LogP contribution in [0.4, 0.5) is 0 Å². The Balaban J connectivity index is 1.84. The summed E-state index contributed by atoms with van der Waals surface area (Å²) < 4.78 is 0. The molecular weight excluding hydrogens is 348 g/mol. The van der Waals surface area contributed by atoms with Crippen LogP contribution in [-0.2, 0) is 23.0 Å². The molecule has 0 amide bonds. The lowest BCUT2D eigenvalue weighted by atomic mass is 9.99. The Bertz CT molecular complexity index is 610. The lowest BCUT2D eigenvalue weighted by Crippen LogP contribution is -2.05. The summed E-state index contributed by atoms with van der Waals surface area (Å²) >= 11 is 9.58. The number of ketones is 1. The van der Waals surface area contributed by atoms with Gasteiger partial charge in [-0.15, -0.1) is 0 Å². The maximum absolute atomic E-state index is 12.1. The second-order valence-corrected chi connectivity index (χ2v) is 6.03. The number of halogens is 2. The number of hydrogen-bond donors (Lipinski definition) is 0. The fourth-order valence-electron chi connectivity index (χ4n) is 2.34. The average Bonchev–Trinajstić information content (AvgIpc) is 2.50. The van der Waals surface area contributed by atoms with E-state index in [-0.39, 0.29) is 5.78 Å². The molecule has 0 atom stereocenters. The number of aryl methyl sites for hydroxylation is 1. The fraction of sp³-hybridized carbons (Fsp3) is 0.278. The Morgan fingerprint density at radius 3 is 2.24 bits per heavy atom. The number of alkyl halides is 1. The van der Waals surface area contributed by atoms with Gasteiger partial charge < -0.3 is 0 Å². The molecule has 0 saturated carbocycles. The lowest BCUT2D eigenvalue weighted by Gasteiger charge is -2.07. The summed E-state index contributed by atoms with van der Waals surface area (Å²) in [6.45, 7) is 0. The first kappa shape index (κ1) is 16.3. The Hall–Kier alpha value is -1.12. The van der Waals surface area contributed by atoms with Crippen molar-refractivity contribution in [3.8, 4) is 0 Å². The third-order valence-electron chi connectivity index (χ3n) is 3.51. The summed E-state index contributed by atoms with van der Waals surface area (Å²) in [6.07, 6.45) is 2.82. The zero-order valence-corrected chi connectivity index (χ0v) is 14.2. The molecule has 0 heterocycles. The molecule has 2 rings (SSSR count). The molecule has 1 nitrogen and oxygen atoms in total. The summed E-state index contributed by atoms with van der Waals surface area (Å²) in [5.41, 5.74) is 3.43. The number of hydrogen-bond acceptors (Lipinski definition) is 1. The van der Waals surface area contributed by atoms with Crippen LogP contribution in [0.2, 0.25) is 5.02 Å². The van der Waals surface area contributed by atoms with Crippen LogP contribution in [0.5, 0.6) is 0 Å². The van der Waals surface area contributed by atoms with Crippen molar-refractivity contribution in [3.05, 3.63) is 70.2 Å². The van der Waals surface area contributed by atoms with E-state index in [0.29, 0.717) is 12.8 Å². The molecule has 2 aromatic carbocycles. The van der Waals surface area contributed by atoms with Crippen LogP contribution in [0.25, 0.3) is 0 Å². The van der Waals surface area contributed by atoms with Crippen molar-refractivity contribution >= 4 is 33.3 Å². The molecule has 0 bridgehead atoms. The van der Waals surface area contributed by atoms with E-state index < -0.39 is 0 Å². The minimum Gasteiger partial charge on any atom is -0.299 e. The zero-order chi connectivity index (χ0) is 15.1. The van der Waals surface area contributed by atoms with Gasteiger partial charge in [0.25, 0.3) is 0 Å². The first-order chi connectivity index (χ1) is 10.2. The van der Waals surface area contributed by atoms with Crippen molar-refractivity contribution in [1.29, 1.82) is 0 Å². The van der Waals surface area contributed by atoms with Gasteiger partial charge in [0.1, 0.15) is 5.78 Å². The van der Waals surface area contributed by atoms with Gasteiger partial charge in [0.15, 0.2) is 0 Å². The van der Waals surface area contributed by atoms with Crippen molar-refractivity contribution in [3.63, 3.8) is 0 Å². The molecule has 0 spiro atoms. The van der Waals surface area contributed by atoms with Gasteiger partial charge in [-0.3, -0.25) is 4.79 Å². The van der Waals surface area contributed by atoms with Crippen LogP contribution >= 0.6 is 27.5 Å². The topological polar surface area (TPSA) is 17.1 Å². The van der Waals surface area contributed by atoms with Gasteiger partial charge in [-0.2, -0.15) is 0 Å². The number of carbonyl (C=O) groups is 1. The smallest absolute Gasteiger partial charge is 0.137 e. The van der Waals surface area contributed by atoms with Crippen LogP contribution in [0.3, 0.4) is 0 Å². The van der Waals surface area contributed by atoms with Crippen LogP contribution in [0, 0.1) is 0 Å². The average molecular weight is 366 g/mol. The second kappa shape index (κ2) is 8.35. The van der Waals surface area contributed by atoms with Crippen LogP contribution in [0.1, 0.15) is 29.5 Å². The molecule has 0 saturated heterocycles. The summed E-state index contributed by atoms with van der Waals surface area (Å²) in [5, 5.41) is 1.57. The van der Waals surface area contributed by atoms with Gasteiger partial charge in [0.05, 0.1) is 0 Å². The third kappa shape index (κ3) is 4.98. The second-order valence-electron chi connectivity index (χ2n) is 5.06. The predicted octanol–water partition coefficient (Wildman–Crippen LogP) is 5.37. The molecule has 0 radical (unpaired) electrons. The lowest BCUT2D eigenvalue weighted by molar-refractivity contribution is -0.118. The molecule has 0 aromatic heterocycles. The SMILES string of the molecule is O=C(CCCc1ccccc1Cl)Cc1ccccc1CBr. The van der Waals surface area contributed by atoms with Crippen molar-refractivity contribution in [2.45, 2.75) is 31.0 Å². The fourth-order valence-corrected chi connectivity index (χ4v) is 3.12. The van der Waals surface area contributed by atoms with E-state index in [1.807, 2.05) is 42.5 Å². The van der Waals surface area contributed by atoms with E-state index in [1.165, 1.54) is 5.56 Å². The molecule has 0 aliphatic rings. The van der Waals surface area contributed by atoms with E-state index >= 15 is 0 Å². The Labute approximate surface area is 139 Å². The molecule has 110 valence electrons. The number of Topliss-reactive ketones (excluding diaryl/α,β-unsaturated/α-hetero) is 1. The van der Waals surface area contributed by atoms with Crippen molar-refractivity contribution in [1.82, 2.24) is 0 Å². The maximum Gasteiger partial charge on any atom is 0.137 e. The third-order valence-corrected chi connectivity index (χ3v) is 4.48. The highest BCUT2D eigenvalue weighted by Gasteiger charge is 2.08. The summed E-state index contributed by atoms with van der Waals surface area (Å²) in [4.78, 5) is 12.1. The van der Waals surface area contributed by atoms with E-state index in [0.717, 1.165) is 34.3 Å². The van der Waals surface area contributed by atoms with E-state index in [9.17, 15) is 4.79 Å². The normalized spacial score (nSPS) is 10.6. The van der Waals surface area contributed by atoms with E-state index in [4.69, 9.17) is 11.6 Å². The quantitative estimate of drug-likeness (QED) is 0.603. The van der Waals surface area contributed by atoms with Gasteiger partial charge >= 0.3 is 0 Å².